The van der Waals surface area contributed by atoms with Crippen LogP contribution < -0.4 is 0 Å². The molecule has 0 aromatic heterocycles. The van der Waals surface area contributed by atoms with Gasteiger partial charge in [0.05, 0.1) is 0 Å². The van der Waals surface area contributed by atoms with E-state index in [1.807, 2.05) is 27.7 Å². The third-order valence-corrected chi connectivity index (χ3v) is 8.61. The minimum absolute atomic E-state index is 0.892. The lowest BCUT2D eigenvalue weighted by molar-refractivity contribution is 0.120. The second kappa shape index (κ2) is 27.0. The summed E-state index contributed by atoms with van der Waals surface area (Å²) >= 11 is 0. The number of hydrogen-bond donors (Lipinski definition) is 0. The van der Waals surface area contributed by atoms with Gasteiger partial charge in [0.25, 0.3) is 0 Å². The standard InChI is InChI=1S/C26H50.C5H12.2C2H6/c1-21(2)26-18-17-23(4)20-25(26)19-22(3)13-9-6-5-7-10-14-24-15-11-8-12-16-24;1-3-5-4-2;2*1-2/h21-26H,5-20H2,1-4H3;3-5H2,1-2H3;2*1-2H3. The van der Waals surface area contributed by atoms with Gasteiger partial charge < -0.3 is 0 Å². The lowest BCUT2D eigenvalue weighted by Gasteiger charge is -2.38. The van der Waals surface area contributed by atoms with E-state index in [-0.39, 0.29) is 0 Å². The van der Waals surface area contributed by atoms with Gasteiger partial charge in [0, 0.05) is 0 Å². The zero-order chi connectivity index (χ0) is 26.9. The maximum absolute atomic E-state index is 2.54. The van der Waals surface area contributed by atoms with E-state index in [4.69, 9.17) is 0 Å². The van der Waals surface area contributed by atoms with Crippen LogP contribution in [0.25, 0.3) is 0 Å². The summed E-state index contributed by atoms with van der Waals surface area (Å²) in [4.78, 5) is 0. The first-order valence-electron chi connectivity index (χ1n) is 17.0. The predicted octanol–water partition coefficient (Wildman–Crippen LogP) is 13.3. The van der Waals surface area contributed by atoms with Crippen LogP contribution in [-0.2, 0) is 0 Å². The summed E-state index contributed by atoms with van der Waals surface area (Å²) < 4.78 is 0. The molecule has 214 valence electrons. The Morgan fingerprint density at radius 3 is 1.77 bits per heavy atom. The van der Waals surface area contributed by atoms with Gasteiger partial charge in [0.15, 0.2) is 0 Å². The van der Waals surface area contributed by atoms with Crippen molar-refractivity contribution in [3.05, 3.63) is 0 Å². The van der Waals surface area contributed by atoms with Crippen LogP contribution in [0.2, 0.25) is 0 Å². The molecule has 0 N–H and O–H groups in total. The Morgan fingerprint density at radius 2 is 1.23 bits per heavy atom. The summed E-state index contributed by atoms with van der Waals surface area (Å²) in [5, 5.41) is 0. The van der Waals surface area contributed by atoms with Crippen LogP contribution in [0, 0.1) is 35.5 Å². The lowest BCUT2D eigenvalue weighted by atomic mass is 9.67. The van der Waals surface area contributed by atoms with Gasteiger partial charge in [0.1, 0.15) is 0 Å². The zero-order valence-electron chi connectivity index (χ0n) is 26.9. The quantitative estimate of drug-likeness (QED) is 0.223. The summed E-state index contributed by atoms with van der Waals surface area (Å²) in [5.74, 6) is 5.94. The van der Waals surface area contributed by atoms with E-state index in [2.05, 4.69) is 41.5 Å². The molecule has 4 unspecified atom stereocenters. The van der Waals surface area contributed by atoms with Gasteiger partial charge in [-0.2, -0.15) is 0 Å². The zero-order valence-corrected chi connectivity index (χ0v) is 26.9. The predicted molar refractivity (Wildman–Crippen MR) is 165 cm³/mol. The Hall–Kier alpha value is 0. The summed E-state index contributed by atoms with van der Waals surface area (Å²) in [5.41, 5.74) is 0. The Labute approximate surface area is 226 Å². The molecule has 0 spiro atoms. The van der Waals surface area contributed by atoms with Crippen molar-refractivity contribution in [2.75, 3.05) is 0 Å². The first kappa shape index (κ1) is 37.2. The molecule has 2 rings (SSSR count). The van der Waals surface area contributed by atoms with E-state index < -0.39 is 0 Å². The van der Waals surface area contributed by atoms with Crippen LogP contribution in [0.4, 0.5) is 0 Å². The Bertz CT molecular complexity index is 375. The molecule has 0 amide bonds. The summed E-state index contributed by atoms with van der Waals surface area (Å²) in [6, 6.07) is 0. The summed E-state index contributed by atoms with van der Waals surface area (Å²) in [6.45, 7) is 22.4. The molecular formula is C35H74. The third kappa shape index (κ3) is 20.7. The molecule has 0 bridgehead atoms. The highest BCUT2D eigenvalue weighted by molar-refractivity contribution is 4.81. The monoisotopic (exact) mass is 495 g/mol. The molecule has 0 saturated heterocycles. The minimum Gasteiger partial charge on any atom is -0.0683 e. The maximum Gasteiger partial charge on any atom is -0.0362 e. The largest absolute Gasteiger partial charge is 0.0683 e. The second-order valence-electron chi connectivity index (χ2n) is 12.1. The van der Waals surface area contributed by atoms with Crippen LogP contribution in [0.1, 0.15) is 191 Å². The number of unbranched alkanes of at least 4 members (excludes halogenated alkanes) is 6. The van der Waals surface area contributed by atoms with Crippen molar-refractivity contribution >= 4 is 0 Å². The van der Waals surface area contributed by atoms with E-state index in [1.165, 1.54) is 122 Å². The molecule has 2 aliphatic carbocycles. The van der Waals surface area contributed by atoms with E-state index >= 15 is 0 Å². The molecular weight excluding hydrogens is 420 g/mol. The van der Waals surface area contributed by atoms with E-state index in [1.54, 1.807) is 0 Å². The molecule has 35 heavy (non-hydrogen) atoms. The fourth-order valence-corrected chi connectivity index (χ4v) is 6.59. The fourth-order valence-electron chi connectivity index (χ4n) is 6.59. The van der Waals surface area contributed by atoms with Gasteiger partial charge in [0.2, 0.25) is 0 Å². The SMILES string of the molecule is CC.CC.CC(CCCCCCCC1CCCCC1)CC1CC(C)CCC1C(C)C.CCCCC. The van der Waals surface area contributed by atoms with Gasteiger partial charge in [-0.1, -0.05) is 172 Å². The molecule has 0 heterocycles. The average molecular weight is 495 g/mol. The van der Waals surface area contributed by atoms with Gasteiger partial charge in [-0.15, -0.1) is 0 Å². The molecule has 4 atom stereocenters. The van der Waals surface area contributed by atoms with Crippen molar-refractivity contribution in [2.24, 2.45) is 35.5 Å². The van der Waals surface area contributed by atoms with Crippen LogP contribution in [0.15, 0.2) is 0 Å². The van der Waals surface area contributed by atoms with Gasteiger partial charge in [-0.05, 0) is 54.8 Å². The van der Waals surface area contributed by atoms with Crippen LogP contribution in [0.3, 0.4) is 0 Å². The molecule has 0 aromatic carbocycles. The molecule has 2 saturated carbocycles. The van der Waals surface area contributed by atoms with Gasteiger partial charge in [-0.3, -0.25) is 0 Å². The molecule has 0 heteroatoms. The van der Waals surface area contributed by atoms with Crippen LogP contribution in [-0.4, -0.2) is 0 Å². The van der Waals surface area contributed by atoms with E-state index in [0.717, 1.165) is 35.5 Å². The van der Waals surface area contributed by atoms with Crippen LogP contribution in [0.5, 0.6) is 0 Å². The van der Waals surface area contributed by atoms with E-state index in [0.29, 0.717) is 0 Å². The fraction of sp³-hybridized carbons (Fsp3) is 1.00. The van der Waals surface area contributed by atoms with Crippen molar-refractivity contribution in [3.8, 4) is 0 Å². The minimum atomic E-state index is 0.892. The normalized spacial score (nSPS) is 23.2. The number of rotatable bonds is 13. The topological polar surface area (TPSA) is 0 Å². The molecule has 0 nitrogen and oxygen atoms in total. The first-order valence-corrected chi connectivity index (χ1v) is 17.0. The highest BCUT2D eigenvalue weighted by atomic mass is 14.4. The third-order valence-electron chi connectivity index (χ3n) is 8.61. The Balaban J connectivity index is 0. The summed E-state index contributed by atoms with van der Waals surface area (Å²) in [6.07, 6.45) is 28.2. The van der Waals surface area contributed by atoms with Crippen molar-refractivity contribution in [1.82, 2.24) is 0 Å². The van der Waals surface area contributed by atoms with Crippen LogP contribution >= 0.6 is 0 Å². The molecule has 2 aliphatic rings. The maximum atomic E-state index is 2.54. The number of hydrogen-bond acceptors (Lipinski definition) is 0. The van der Waals surface area contributed by atoms with Crippen molar-refractivity contribution < 1.29 is 0 Å². The molecule has 2 fully saturated rings. The van der Waals surface area contributed by atoms with Gasteiger partial charge >= 0.3 is 0 Å². The smallest absolute Gasteiger partial charge is 0.0362 e. The van der Waals surface area contributed by atoms with E-state index in [9.17, 15) is 0 Å². The van der Waals surface area contributed by atoms with Gasteiger partial charge in [-0.25, -0.2) is 0 Å². The molecule has 0 radical (unpaired) electrons. The highest BCUT2D eigenvalue weighted by Gasteiger charge is 2.31. The first-order chi connectivity index (χ1) is 17.0. The molecule has 0 aliphatic heterocycles. The summed E-state index contributed by atoms with van der Waals surface area (Å²) in [7, 11) is 0. The lowest BCUT2D eigenvalue weighted by Crippen LogP contribution is -2.29. The second-order valence-corrected chi connectivity index (χ2v) is 12.1. The highest BCUT2D eigenvalue weighted by Crippen LogP contribution is 2.41. The van der Waals surface area contributed by atoms with Crippen molar-refractivity contribution in [3.63, 3.8) is 0 Å². The van der Waals surface area contributed by atoms with Crippen molar-refractivity contribution in [1.29, 1.82) is 0 Å². The van der Waals surface area contributed by atoms with Crippen molar-refractivity contribution in [2.45, 2.75) is 191 Å². The molecule has 0 aromatic rings. The Morgan fingerprint density at radius 1 is 0.657 bits per heavy atom. The Kier molecular flexibility index (Phi) is 28.7. The average Bonchev–Trinajstić information content (AvgIpc) is 2.87.